The van der Waals surface area contributed by atoms with Crippen molar-refractivity contribution in [1.82, 2.24) is 5.32 Å². The summed E-state index contributed by atoms with van der Waals surface area (Å²) in [4.78, 5) is 12.0. The van der Waals surface area contributed by atoms with E-state index in [1.807, 2.05) is 32.9 Å². The van der Waals surface area contributed by atoms with Crippen LogP contribution in [-0.2, 0) is 0 Å². The molecule has 0 bridgehead atoms. The molecule has 1 atom stereocenters. The summed E-state index contributed by atoms with van der Waals surface area (Å²) < 4.78 is 27.2. The van der Waals surface area contributed by atoms with Crippen LogP contribution in [0.25, 0.3) is 0 Å². The molecule has 2 aromatic carbocycles. The fourth-order valence-corrected chi connectivity index (χ4v) is 2.66. The average Bonchev–Trinajstić information content (AvgIpc) is 2.48. The van der Waals surface area contributed by atoms with E-state index in [1.54, 1.807) is 0 Å². The van der Waals surface area contributed by atoms with Crippen molar-refractivity contribution in [3.05, 3.63) is 64.2 Å². The minimum Gasteiger partial charge on any atom is -0.386 e. The summed E-state index contributed by atoms with van der Waals surface area (Å²) in [6.45, 7) is 5.40. The van der Waals surface area contributed by atoms with Crippen molar-refractivity contribution in [1.29, 1.82) is 0 Å². The van der Waals surface area contributed by atoms with Gasteiger partial charge < -0.3 is 15.7 Å². The maximum absolute atomic E-state index is 13.6. The number of carbonyl (C=O) groups excluding carboxylic acids is 1. The Balaban J connectivity index is 2.01. The van der Waals surface area contributed by atoms with Gasteiger partial charge in [0.15, 0.2) is 0 Å². The lowest BCUT2D eigenvalue weighted by atomic mass is 10.1. The molecule has 0 saturated heterocycles. The molecular formula is C18H20F2N2O2. The molecule has 6 heteroatoms. The molecule has 3 N–H and O–H groups in total. The summed E-state index contributed by atoms with van der Waals surface area (Å²) in [5.41, 5.74) is 3.11. The van der Waals surface area contributed by atoms with E-state index < -0.39 is 29.3 Å². The zero-order valence-corrected chi connectivity index (χ0v) is 13.8. The lowest BCUT2D eigenvalue weighted by Gasteiger charge is -2.16. The van der Waals surface area contributed by atoms with E-state index in [0.717, 1.165) is 28.8 Å². The van der Waals surface area contributed by atoms with Crippen molar-refractivity contribution in [2.24, 2.45) is 0 Å². The van der Waals surface area contributed by atoms with Crippen LogP contribution in [0.4, 0.5) is 19.3 Å². The van der Waals surface area contributed by atoms with E-state index in [4.69, 9.17) is 0 Å². The second kappa shape index (κ2) is 7.40. The Kier molecular flexibility index (Phi) is 5.51. The first-order valence-corrected chi connectivity index (χ1v) is 7.54. The predicted molar refractivity (Wildman–Crippen MR) is 89.0 cm³/mol. The third-order valence-electron chi connectivity index (χ3n) is 3.70. The molecule has 24 heavy (non-hydrogen) atoms. The number of hydrogen-bond acceptors (Lipinski definition) is 2. The van der Waals surface area contributed by atoms with Crippen LogP contribution in [0.5, 0.6) is 0 Å². The van der Waals surface area contributed by atoms with Crippen LogP contribution < -0.4 is 10.6 Å². The summed E-state index contributed by atoms with van der Waals surface area (Å²) in [6.07, 6.45) is -1.47. The first-order valence-electron chi connectivity index (χ1n) is 7.54. The molecule has 0 aliphatic heterocycles. The Labute approximate surface area is 139 Å². The Morgan fingerprint density at radius 3 is 2.21 bits per heavy atom. The van der Waals surface area contributed by atoms with E-state index in [-0.39, 0.29) is 6.54 Å². The number of aliphatic hydroxyl groups is 1. The zero-order valence-electron chi connectivity index (χ0n) is 13.8. The molecule has 2 amide bonds. The van der Waals surface area contributed by atoms with Gasteiger partial charge in [-0.2, -0.15) is 0 Å². The van der Waals surface area contributed by atoms with E-state index in [1.165, 1.54) is 6.07 Å². The molecule has 1 unspecified atom stereocenters. The van der Waals surface area contributed by atoms with Gasteiger partial charge in [0.05, 0.1) is 5.56 Å². The van der Waals surface area contributed by atoms with Gasteiger partial charge in [-0.05, 0) is 44.0 Å². The van der Waals surface area contributed by atoms with Crippen molar-refractivity contribution in [2.45, 2.75) is 26.9 Å². The van der Waals surface area contributed by atoms with Gasteiger partial charge in [-0.15, -0.1) is 0 Å². The predicted octanol–water partition coefficient (Wildman–Crippen LogP) is 3.75. The Morgan fingerprint density at radius 2 is 1.67 bits per heavy atom. The van der Waals surface area contributed by atoms with Crippen LogP contribution in [0, 0.1) is 32.4 Å². The minimum absolute atomic E-state index is 0.312. The second-order valence-electron chi connectivity index (χ2n) is 5.76. The summed E-state index contributed by atoms with van der Waals surface area (Å²) >= 11 is 0. The van der Waals surface area contributed by atoms with Crippen molar-refractivity contribution in [3.8, 4) is 0 Å². The highest BCUT2D eigenvalue weighted by Gasteiger charge is 2.18. The Hall–Kier alpha value is -2.47. The highest BCUT2D eigenvalue weighted by Crippen LogP contribution is 2.22. The standard InChI is InChI=1S/C18H20F2N2O2/c1-10-7-11(2)17(12(3)8-10)22-18(24)21-9-15(23)16-13(19)5-4-6-14(16)20/h4-8,15,23H,9H2,1-3H3,(H2,21,22,24). The van der Waals surface area contributed by atoms with E-state index in [9.17, 15) is 18.7 Å². The summed E-state index contributed by atoms with van der Waals surface area (Å²) in [6, 6.07) is 6.64. The van der Waals surface area contributed by atoms with Crippen LogP contribution in [0.3, 0.4) is 0 Å². The van der Waals surface area contributed by atoms with E-state index in [0.29, 0.717) is 5.69 Å². The van der Waals surface area contributed by atoms with Crippen molar-refractivity contribution in [3.63, 3.8) is 0 Å². The highest BCUT2D eigenvalue weighted by atomic mass is 19.1. The lowest BCUT2D eigenvalue weighted by Crippen LogP contribution is -2.33. The Morgan fingerprint density at radius 1 is 1.12 bits per heavy atom. The number of rotatable bonds is 4. The van der Waals surface area contributed by atoms with E-state index >= 15 is 0 Å². The van der Waals surface area contributed by atoms with Gasteiger partial charge in [-0.25, -0.2) is 13.6 Å². The molecule has 0 saturated carbocycles. The second-order valence-corrected chi connectivity index (χ2v) is 5.76. The maximum Gasteiger partial charge on any atom is 0.319 e. The van der Waals surface area contributed by atoms with Crippen molar-refractivity contribution >= 4 is 11.7 Å². The van der Waals surface area contributed by atoms with Crippen LogP contribution in [-0.4, -0.2) is 17.7 Å². The molecule has 0 aliphatic rings. The summed E-state index contributed by atoms with van der Waals surface area (Å²) in [5, 5.41) is 15.0. The van der Waals surface area contributed by atoms with Gasteiger partial charge in [0.1, 0.15) is 17.7 Å². The maximum atomic E-state index is 13.6. The number of aliphatic hydroxyl groups excluding tert-OH is 1. The summed E-state index contributed by atoms with van der Waals surface area (Å²) in [5.74, 6) is -1.70. The number of carbonyl (C=O) groups is 1. The molecule has 2 aromatic rings. The fraction of sp³-hybridized carbons (Fsp3) is 0.278. The third kappa shape index (κ3) is 4.08. The molecule has 0 spiro atoms. The van der Waals surface area contributed by atoms with Gasteiger partial charge in [0.2, 0.25) is 0 Å². The molecule has 0 fully saturated rings. The average molecular weight is 334 g/mol. The van der Waals surface area contributed by atoms with Gasteiger partial charge >= 0.3 is 6.03 Å². The topological polar surface area (TPSA) is 61.4 Å². The molecule has 0 radical (unpaired) electrons. The lowest BCUT2D eigenvalue weighted by molar-refractivity contribution is 0.166. The Bertz CT molecular complexity index is 719. The number of urea groups is 1. The number of anilines is 1. The van der Waals surface area contributed by atoms with Gasteiger partial charge in [-0.1, -0.05) is 23.8 Å². The molecule has 0 heterocycles. The van der Waals surface area contributed by atoms with E-state index in [2.05, 4.69) is 10.6 Å². The van der Waals surface area contributed by atoms with Crippen LogP contribution >= 0.6 is 0 Å². The van der Waals surface area contributed by atoms with Gasteiger partial charge in [0.25, 0.3) is 0 Å². The van der Waals surface area contributed by atoms with Crippen LogP contribution in [0.1, 0.15) is 28.4 Å². The summed E-state index contributed by atoms with van der Waals surface area (Å²) in [7, 11) is 0. The van der Waals surface area contributed by atoms with Crippen LogP contribution in [0.2, 0.25) is 0 Å². The molecule has 0 aromatic heterocycles. The zero-order chi connectivity index (χ0) is 17.9. The minimum atomic E-state index is -1.47. The first-order chi connectivity index (χ1) is 11.3. The number of halogens is 2. The largest absolute Gasteiger partial charge is 0.386 e. The smallest absolute Gasteiger partial charge is 0.319 e. The van der Waals surface area contributed by atoms with Gasteiger partial charge in [-0.3, -0.25) is 0 Å². The first kappa shape index (κ1) is 17.9. The number of amides is 2. The van der Waals surface area contributed by atoms with Crippen LogP contribution in [0.15, 0.2) is 30.3 Å². The quantitative estimate of drug-likeness (QED) is 0.797. The van der Waals surface area contributed by atoms with Crippen molar-refractivity contribution < 1.29 is 18.7 Å². The molecule has 0 aliphatic carbocycles. The molecule has 128 valence electrons. The highest BCUT2D eigenvalue weighted by molar-refractivity contribution is 5.91. The van der Waals surface area contributed by atoms with Crippen molar-refractivity contribution in [2.75, 3.05) is 11.9 Å². The monoisotopic (exact) mass is 334 g/mol. The molecule has 4 nitrogen and oxygen atoms in total. The molecule has 2 rings (SSSR count). The number of nitrogens with one attached hydrogen (secondary N) is 2. The normalized spacial score (nSPS) is 11.9. The third-order valence-corrected chi connectivity index (χ3v) is 3.70. The fourth-order valence-electron chi connectivity index (χ4n) is 2.66. The molecular weight excluding hydrogens is 314 g/mol. The number of benzene rings is 2. The van der Waals surface area contributed by atoms with Gasteiger partial charge in [0, 0.05) is 12.2 Å². The SMILES string of the molecule is Cc1cc(C)c(NC(=O)NCC(O)c2c(F)cccc2F)c(C)c1. The number of aryl methyl sites for hydroxylation is 3. The number of hydrogen-bond donors (Lipinski definition) is 3.